The zero-order valence-electron chi connectivity index (χ0n) is 7.31. The smallest absolute Gasteiger partial charge is 0.421 e. The van der Waals surface area contributed by atoms with Gasteiger partial charge in [0.1, 0.15) is 0 Å². The highest BCUT2D eigenvalue weighted by Gasteiger charge is 1.98. The Morgan fingerprint density at radius 1 is 1.55 bits per heavy atom. The van der Waals surface area contributed by atoms with Gasteiger partial charge in [-0.25, -0.2) is 10.2 Å². The molecule has 0 heterocycles. The van der Waals surface area contributed by atoms with E-state index < -0.39 is 6.09 Å². The van der Waals surface area contributed by atoms with Crippen LogP contribution in [0.5, 0.6) is 0 Å². The van der Waals surface area contributed by atoms with Crippen LogP contribution in [0.15, 0.2) is 0 Å². The molecule has 4 nitrogen and oxygen atoms in total. The van der Waals surface area contributed by atoms with Crippen molar-refractivity contribution in [2.24, 2.45) is 5.92 Å². The third-order valence-electron chi connectivity index (χ3n) is 0.976. The highest BCUT2D eigenvalue weighted by atomic mass is 16.5. The molecule has 1 amide bonds. The standard InChI is InChI=1S/C7H16N2O2/c1-4-11-7(10)9-8-5-6(2)3/h6,8H,4-5H2,1-3H3,(H,9,10). The summed E-state index contributed by atoms with van der Waals surface area (Å²) in [7, 11) is 0. The van der Waals surface area contributed by atoms with E-state index in [-0.39, 0.29) is 0 Å². The predicted molar refractivity (Wildman–Crippen MR) is 43.0 cm³/mol. The first-order valence-corrected chi connectivity index (χ1v) is 3.82. The summed E-state index contributed by atoms with van der Waals surface area (Å²) < 4.78 is 4.61. The molecular formula is C7H16N2O2. The van der Waals surface area contributed by atoms with E-state index in [2.05, 4.69) is 29.4 Å². The third kappa shape index (κ3) is 7.12. The van der Waals surface area contributed by atoms with Crippen molar-refractivity contribution in [2.75, 3.05) is 13.2 Å². The fourth-order valence-corrected chi connectivity index (χ4v) is 0.495. The van der Waals surface area contributed by atoms with Gasteiger partial charge in [-0.05, 0) is 12.8 Å². The summed E-state index contributed by atoms with van der Waals surface area (Å²) >= 11 is 0. The first-order chi connectivity index (χ1) is 5.16. The van der Waals surface area contributed by atoms with E-state index in [0.717, 1.165) is 6.54 Å². The molecule has 0 aliphatic rings. The van der Waals surface area contributed by atoms with Crippen molar-refractivity contribution >= 4 is 6.09 Å². The van der Waals surface area contributed by atoms with Gasteiger partial charge in [0.25, 0.3) is 0 Å². The van der Waals surface area contributed by atoms with E-state index >= 15 is 0 Å². The van der Waals surface area contributed by atoms with Gasteiger partial charge in [-0.3, -0.25) is 5.43 Å². The fourth-order valence-electron chi connectivity index (χ4n) is 0.495. The summed E-state index contributed by atoms with van der Waals surface area (Å²) in [5, 5.41) is 0. The minimum Gasteiger partial charge on any atom is -0.449 e. The van der Waals surface area contributed by atoms with Crippen molar-refractivity contribution in [3.05, 3.63) is 0 Å². The van der Waals surface area contributed by atoms with Gasteiger partial charge in [0.2, 0.25) is 0 Å². The summed E-state index contributed by atoms with van der Waals surface area (Å²) in [6.45, 7) is 7.02. The third-order valence-corrected chi connectivity index (χ3v) is 0.976. The monoisotopic (exact) mass is 160 g/mol. The maximum absolute atomic E-state index is 10.6. The highest BCUT2D eigenvalue weighted by Crippen LogP contribution is 1.85. The molecule has 0 saturated carbocycles. The lowest BCUT2D eigenvalue weighted by atomic mass is 10.2. The Labute approximate surface area is 67.3 Å². The van der Waals surface area contributed by atoms with Gasteiger partial charge in [-0.15, -0.1) is 0 Å². The van der Waals surface area contributed by atoms with Crippen molar-refractivity contribution in [1.29, 1.82) is 0 Å². The number of rotatable bonds is 4. The average Bonchev–Trinajstić information content (AvgIpc) is 1.87. The number of hydrogen-bond acceptors (Lipinski definition) is 3. The number of ether oxygens (including phenoxy) is 1. The van der Waals surface area contributed by atoms with Crippen LogP contribution in [0.4, 0.5) is 4.79 Å². The van der Waals surface area contributed by atoms with Crippen LogP contribution >= 0.6 is 0 Å². The Morgan fingerprint density at radius 2 is 2.18 bits per heavy atom. The highest BCUT2D eigenvalue weighted by molar-refractivity contribution is 5.66. The number of amides is 1. The van der Waals surface area contributed by atoms with Gasteiger partial charge >= 0.3 is 6.09 Å². The Morgan fingerprint density at radius 3 is 2.64 bits per heavy atom. The molecular weight excluding hydrogens is 144 g/mol. The Balaban J connectivity index is 3.17. The quantitative estimate of drug-likeness (QED) is 0.600. The normalized spacial score (nSPS) is 9.82. The van der Waals surface area contributed by atoms with Crippen LogP contribution in [-0.4, -0.2) is 19.2 Å². The van der Waals surface area contributed by atoms with Gasteiger partial charge in [0.05, 0.1) is 6.61 Å². The SMILES string of the molecule is CCOC(=O)NNCC(C)C. The number of carbonyl (C=O) groups excluding carboxylic acids is 1. The molecule has 0 aromatic carbocycles. The summed E-state index contributed by atoms with van der Waals surface area (Å²) in [6, 6.07) is 0. The number of hydrogen-bond donors (Lipinski definition) is 2. The molecule has 0 aromatic heterocycles. The molecule has 0 spiro atoms. The van der Waals surface area contributed by atoms with E-state index in [1.54, 1.807) is 6.92 Å². The average molecular weight is 160 g/mol. The Bertz CT molecular complexity index is 115. The molecule has 0 bridgehead atoms. The lowest BCUT2D eigenvalue weighted by molar-refractivity contribution is 0.146. The molecule has 0 rings (SSSR count). The molecule has 2 N–H and O–H groups in total. The molecule has 11 heavy (non-hydrogen) atoms. The topological polar surface area (TPSA) is 50.4 Å². The van der Waals surface area contributed by atoms with E-state index in [1.807, 2.05) is 0 Å². The molecule has 0 unspecified atom stereocenters. The van der Waals surface area contributed by atoms with Crippen molar-refractivity contribution in [1.82, 2.24) is 10.9 Å². The van der Waals surface area contributed by atoms with Crippen LogP contribution in [0.3, 0.4) is 0 Å². The molecule has 0 saturated heterocycles. The molecule has 4 heteroatoms. The second-order valence-corrected chi connectivity index (χ2v) is 2.62. The van der Waals surface area contributed by atoms with Crippen molar-refractivity contribution in [3.8, 4) is 0 Å². The van der Waals surface area contributed by atoms with Crippen LogP contribution in [0.1, 0.15) is 20.8 Å². The first kappa shape index (κ1) is 10.2. The van der Waals surface area contributed by atoms with E-state index in [0.29, 0.717) is 12.5 Å². The zero-order valence-corrected chi connectivity index (χ0v) is 7.31. The van der Waals surface area contributed by atoms with Crippen LogP contribution in [0, 0.1) is 5.92 Å². The summed E-state index contributed by atoms with van der Waals surface area (Å²) in [4.78, 5) is 10.6. The molecule has 0 radical (unpaired) electrons. The Hall–Kier alpha value is -0.770. The summed E-state index contributed by atoms with van der Waals surface area (Å²) in [6.07, 6.45) is -0.423. The minimum absolute atomic E-state index is 0.398. The predicted octanol–water partition coefficient (Wildman–Crippen LogP) is 0.893. The lowest BCUT2D eigenvalue weighted by Crippen LogP contribution is -2.39. The van der Waals surface area contributed by atoms with Crippen molar-refractivity contribution in [2.45, 2.75) is 20.8 Å². The summed E-state index contributed by atoms with van der Waals surface area (Å²) in [5.41, 5.74) is 5.15. The van der Waals surface area contributed by atoms with Gasteiger partial charge < -0.3 is 4.74 Å². The van der Waals surface area contributed by atoms with E-state index in [9.17, 15) is 4.79 Å². The maximum Gasteiger partial charge on any atom is 0.421 e. The number of carbonyl (C=O) groups is 1. The first-order valence-electron chi connectivity index (χ1n) is 3.82. The van der Waals surface area contributed by atoms with Gasteiger partial charge in [-0.1, -0.05) is 13.8 Å². The van der Waals surface area contributed by atoms with Crippen LogP contribution < -0.4 is 10.9 Å². The van der Waals surface area contributed by atoms with Crippen LogP contribution in [0.2, 0.25) is 0 Å². The van der Waals surface area contributed by atoms with Gasteiger partial charge in [0, 0.05) is 6.54 Å². The molecule has 0 aromatic rings. The molecule has 0 aliphatic heterocycles. The van der Waals surface area contributed by atoms with E-state index in [1.165, 1.54) is 0 Å². The molecule has 66 valence electrons. The van der Waals surface area contributed by atoms with Crippen LogP contribution in [-0.2, 0) is 4.74 Å². The maximum atomic E-state index is 10.6. The largest absolute Gasteiger partial charge is 0.449 e. The van der Waals surface area contributed by atoms with Crippen molar-refractivity contribution in [3.63, 3.8) is 0 Å². The van der Waals surface area contributed by atoms with E-state index in [4.69, 9.17) is 0 Å². The Kier molecular flexibility index (Phi) is 5.56. The minimum atomic E-state index is -0.423. The fraction of sp³-hybridized carbons (Fsp3) is 0.857. The van der Waals surface area contributed by atoms with Crippen LogP contribution in [0.25, 0.3) is 0 Å². The van der Waals surface area contributed by atoms with Crippen molar-refractivity contribution < 1.29 is 9.53 Å². The van der Waals surface area contributed by atoms with Gasteiger partial charge in [-0.2, -0.15) is 0 Å². The van der Waals surface area contributed by atoms with Gasteiger partial charge in [0.15, 0.2) is 0 Å². The second kappa shape index (κ2) is 5.97. The summed E-state index contributed by atoms with van der Waals surface area (Å²) in [5.74, 6) is 0.511. The molecule has 0 fully saturated rings. The number of hydrazine groups is 1. The number of nitrogens with one attached hydrogen (secondary N) is 2. The second-order valence-electron chi connectivity index (χ2n) is 2.62. The zero-order chi connectivity index (χ0) is 8.69. The lowest BCUT2D eigenvalue weighted by Gasteiger charge is -2.08. The molecule has 0 atom stereocenters. The molecule has 0 aliphatic carbocycles.